The third-order valence-corrected chi connectivity index (χ3v) is 1.38. The van der Waals surface area contributed by atoms with Gasteiger partial charge in [-0.3, -0.25) is 0 Å². The first-order valence-corrected chi connectivity index (χ1v) is 3.28. The van der Waals surface area contributed by atoms with E-state index in [9.17, 15) is 4.39 Å². The van der Waals surface area contributed by atoms with Crippen molar-refractivity contribution in [1.82, 2.24) is 0 Å². The lowest BCUT2D eigenvalue weighted by Crippen LogP contribution is -1.84. The van der Waals surface area contributed by atoms with Crippen LogP contribution in [0.1, 0.15) is 5.56 Å². The van der Waals surface area contributed by atoms with E-state index < -0.39 is 0 Å². The monoisotopic (exact) mass is 152 g/mol. The average molecular weight is 152 g/mol. The summed E-state index contributed by atoms with van der Waals surface area (Å²) >= 11 is 0. The zero-order valence-electron chi connectivity index (χ0n) is 6.25. The molecule has 0 aliphatic heterocycles. The van der Waals surface area contributed by atoms with Gasteiger partial charge in [-0.25, -0.2) is 4.39 Å². The summed E-state index contributed by atoms with van der Waals surface area (Å²) in [5.74, 6) is 0.682. The summed E-state index contributed by atoms with van der Waals surface area (Å²) in [5.41, 5.74) is 0.748. The van der Waals surface area contributed by atoms with Gasteiger partial charge in [-0.05, 0) is 12.1 Å². The number of hydrogen-bond donors (Lipinski definition) is 0. The molecule has 0 unspecified atom stereocenters. The van der Waals surface area contributed by atoms with Crippen LogP contribution in [-0.4, -0.2) is 7.11 Å². The molecule has 0 bridgehead atoms. The quantitative estimate of drug-likeness (QED) is 0.633. The highest BCUT2D eigenvalue weighted by Crippen LogP contribution is 2.18. The van der Waals surface area contributed by atoms with Crippen LogP contribution in [0, 0.1) is 0 Å². The molecule has 0 saturated heterocycles. The Morgan fingerprint density at radius 3 is 2.73 bits per heavy atom. The lowest BCUT2D eigenvalue weighted by Gasteiger charge is -2.01. The number of rotatable bonds is 2. The van der Waals surface area contributed by atoms with Gasteiger partial charge in [-0.2, -0.15) is 0 Å². The standard InChI is InChI=1S/C9H9FO/c1-11-9-5-3-2-4-8(9)6-7-10/h2-7H,1H3/b7-6-. The summed E-state index contributed by atoms with van der Waals surface area (Å²) < 4.78 is 16.7. The maximum atomic E-state index is 11.8. The molecular weight excluding hydrogens is 143 g/mol. The number of halogens is 1. The minimum Gasteiger partial charge on any atom is -0.496 e. The van der Waals surface area contributed by atoms with Crippen LogP contribution in [0.25, 0.3) is 6.08 Å². The smallest absolute Gasteiger partial charge is 0.126 e. The fourth-order valence-corrected chi connectivity index (χ4v) is 0.872. The van der Waals surface area contributed by atoms with E-state index >= 15 is 0 Å². The molecule has 58 valence electrons. The van der Waals surface area contributed by atoms with Crippen molar-refractivity contribution in [1.29, 1.82) is 0 Å². The Kier molecular flexibility index (Phi) is 2.66. The van der Waals surface area contributed by atoms with Crippen LogP contribution in [-0.2, 0) is 0 Å². The Bertz CT molecular complexity index is 255. The molecule has 0 atom stereocenters. The van der Waals surface area contributed by atoms with E-state index in [1.165, 1.54) is 6.08 Å². The van der Waals surface area contributed by atoms with Gasteiger partial charge in [0.25, 0.3) is 0 Å². The molecule has 0 aliphatic rings. The van der Waals surface area contributed by atoms with Gasteiger partial charge in [-0.1, -0.05) is 18.2 Å². The molecule has 2 heteroatoms. The molecule has 0 radical (unpaired) electrons. The molecule has 1 rings (SSSR count). The van der Waals surface area contributed by atoms with E-state index in [0.717, 1.165) is 5.56 Å². The molecule has 11 heavy (non-hydrogen) atoms. The third-order valence-electron chi connectivity index (χ3n) is 1.38. The number of para-hydroxylation sites is 1. The maximum absolute atomic E-state index is 11.8. The first kappa shape index (κ1) is 7.79. The highest BCUT2D eigenvalue weighted by Gasteiger charge is 1.94. The van der Waals surface area contributed by atoms with Gasteiger partial charge in [0.2, 0.25) is 0 Å². The van der Waals surface area contributed by atoms with Crippen molar-refractivity contribution < 1.29 is 9.13 Å². The highest BCUT2D eigenvalue weighted by molar-refractivity contribution is 5.56. The van der Waals surface area contributed by atoms with Crippen LogP contribution in [0.3, 0.4) is 0 Å². The van der Waals surface area contributed by atoms with Gasteiger partial charge in [0.15, 0.2) is 0 Å². The van der Waals surface area contributed by atoms with Crippen molar-refractivity contribution in [3.05, 3.63) is 36.2 Å². The summed E-state index contributed by atoms with van der Waals surface area (Å²) in [6.45, 7) is 0. The largest absolute Gasteiger partial charge is 0.496 e. The second-order valence-electron chi connectivity index (χ2n) is 2.03. The molecule has 0 N–H and O–H groups in total. The van der Waals surface area contributed by atoms with Gasteiger partial charge in [0, 0.05) is 5.56 Å². The van der Waals surface area contributed by atoms with Crippen molar-refractivity contribution in [3.8, 4) is 5.75 Å². The summed E-state index contributed by atoms with van der Waals surface area (Å²) in [6, 6.07) is 7.25. The molecule has 0 aromatic heterocycles. The average Bonchev–Trinajstić information content (AvgIpc) is 2.06. The normalized spacial score (nSPS) is 10.4. The Morgan fingerprint density at radius 1 is 1.36 bits per heavy atom. The molecule has 0 saturated carbocycles. The minimum absolute atomic E-state index is 0.498. The molecule has 0 spiro atoms. The van der Waals surface area contributed by atoms with Crippen molar-refractivity contribution >= 4 is 6.08 Å². The SMILES string of the molecule is COc1ccccc1/C=C\F. The molecule has 0 amide bonds. The predicted octanol–water partition coefficient (Wildman–Crippen LogP) is 2.64. The van der Waals surface area contributed by atoms with Crippen LogP contribution in [0.4, 0.5) is 4.39 Å². The van der Waals surface area contributed by atoms with Crippen LogP contribution in [0.2, 0.25) is 0 Å². The molecule has 0 aliphatic carbocycles. The molecule has 0 fully saturated rings. The lowest BCUT2D eigenvalue weighted by atomic mass is 10.2. The second kappa shape index (κ2) is 3.76. The Labute approximate surface area is 65.1 Å². The van der Waals surface area contributed by atoms with Crippen molar-refractivity contribution in [2.45, 2.75) is 0 Å². The van der Waals surface area contributed by atoms with Crippen molar-refractivity contribution in [3.63, 3.8) is 0 Å². The number of methoxy groups -OCH3 is 1. The van der Waals surface area contributed by atoms with E-state index in [-0.39, 0.29) is 0 Å². The van der Waals surface area contributed by atoms with Gasteiger partial charge in [-0.15, -0.1) is 0 Å². The maximum Gasteiger partial charge on any atom is 0.126 e. The lowest BCUT2D eigenvalue weighted by molar-refractivity contribution is 0.414. The second-order valence-corrected chi connectivity index (χ2v) is 2.03. The Morgan fingerprint density at radius 2 is 2.09 bits per heavy atom. The number of benzene rings is 1. The van der Waals surface area contributed by atoms with Gasteiger partial charge in [0.1, 0.15) is 5.75 Å². The van der Waals surface area contributed by atoms with Crippen LogP contribution in [0.15, 0.2) is 30.6 Å². The Hall–Kier alpha value is -1.31. The summed E-state index contributed by atoms with van der Waals surface area (Å²) in [5, 5.41) is 0. The fourth-order valence-electron chi connectivity index (χ4n) is 0.872. The zero-order valence-corrected chi connectivity index (χ0v) is 6.25. The first-order chi connectivity index (χ1) is 5.38. The molecule has 1 aromatic rings. The van der Waals surface area contributed by atoms with Gasteiger partial charge >= 0.3 is 0 Å². The molecule has 1 aromatic carbocycles. The van der Waals surface area contributed by atoms with E-state index in [1.807, 2.05) is 12.1 Å². The van der Waals surface area contributed by atoms with E-state index in [2.05, 4.69) is 0 Å². The molecular formula is C9H9FO. The molecule has 0 heterocycles. The van der Waals surface area contributed by atoms with Crippen LogP contribution >= 0.6 is 0 Å². The summed E-state index contributed by atoms with van der Waals surface area (Å²) in [4.78, 5) is 0. The van der Waals surface area contributed by atoms with Crippen LogP contribution in [0.5, 0.6) is 5.75 Å². The number of ether oxygens (including phenoxy) is 1. The zero-order chi connectivity index (χ0) is 8.10. The predicted molar refractivity (Wildman–Crippen MR) is 43.1 cm³/mol. The third kappa shape index (κ3) is 1.80. The van der Waals surface area contributed by atoms with Crippen molar-refractivity contribution in [2.75, 3.05) is 7.11 Å². The molecule has 1 nitrogen and oxygen atoms in total. The van der Waals surface area contributed by atoms with E-state index in [4.69, 9.17) is 4.74 Å². The minimum atomic E-state index is 0.498. The van der Waals surface area contributed by atoms with E-state index in [1.54, 1.807) is 19.2 Å². The van der Waals surface area contributed by atoms with Crippen molar-refractivity contribution in [2.24, 2.45) is 0 Å². The summed E-state index contributed by atoms with van der Waals surface area (Å²) in [6.07, 6.45) is 1.86. The Balaban J connectivity index is 3.02. The van der Waals surface area contributed by atoms with Crippen LogP contribution < -0.4 is 4.74 Å². The first-order valence-electron chi connectivity index (χ1n) is 3.28. The van der Waals surface area contributed by atoms with E-state index in [0.29, 0.717) is 12.1 Å². The topological polar surface area (TPSA) is 9.23 Å². The van der Waals surface area contributed by atoms with Gasteiger partial charge in [0.05, 0.1) is 13.4 Å². The number of hydrogen-bond acceptors (Lipinski definition) is 1. The van der Waals surface area contributed by atoms with Gasteiger partial charge < -0.3 is 4.74 Å². The fraction of sp³-hybridized carbons (Fsp3) is 0.111. The summed E-state index contributed by atoms with van der Waals surface area (Å²) in [7, 11) is 1.56. The highest BCUT2D eigenvalue weighted by atomic mass is 19.1.